The van der Waals surface area contributed by atoms with Crippen molar-refractivity contribution in [2.45, 2.75) is 45.7 Å². The molecule has 2 rings (SSSR count). The number of aromatic nitrogens is 2. The molecule has 0 fully saturated rings. The molecule has 1 N–H and O–H groups in total. The molecular formula is C17H25N3. The second-order valence-electron chi connectivity index (χ2n) is 5.27. The van der Waals surface area contributed by atoms with Crippen molar-refractivity contribution < 1.29 is 0 Å². The van der Waals surface area contributed by atoms with Crippen molar-refractivity contribution in [1.29, 1.82) is 0 Å². The van der Waals surface area contributed by atoms with Crippen molar-refractivity contribution in [3.63, 3.8) is 0 Å². The molecule has 0 amide bonds. The van der Waals surface area contributed by atoms with Gasteiger partial charge in [-0.25, -0.2) is 0 Å². The molecule has 0 aliphatic rings. The third-order valence-electron chi connectivity index (χ3n) is 3.48. The van der Waals surface area contributed by atoms with E-state index in [9.17, 15) is 0 Å². The molecular weight excluding hydrogens is 246 g/mol. The topological polar surface area (TPSA) is 29.9 Å². The molecule has 0 saturated carbocycles. The van der Waals surface area contributed by atoms with Crippen LogP contribution in [-0.2, 0) is 6.54 Å². The van der Waals surface area contributed by atoms with Crippen molar-refractivity contribution in [3.8, 4) is 0 Å². The van der Waals surface area contributed by atoms with Crippen molar-refractivity contribution in [3.05, 3.63) is 54.1 Å². The molecule has 0 saturated heterocycles. The Labute approximate surface area is 122 Å². The zero-order valence-corrected chi connectivity index (χ0v) is 12.5. The van der Waals surface area contributed by atoms with Crippen LogP contribution in [0, 0.1) is 0 Å². The van der Waals surface area contributed by atoms with Crippen LogP contribution in [0.5, 0.6) is 0 Å². The molecule has 3 heteroatoms. The van der Waals surface area contributed by atoms with Crippen LogP contribution in [0.4, 0.5) is 0 Å². The van der Waals surface area contributed by atoms with Gasteiger partial charge in [-0.05, 0) is 42.6 Å². The number of hydrogen-bond donors (Lipinski definition) is 1. The minimum absolute atomic E-state index is 0.482. The summed E-state index contributed by atoms with van der Waals surface area (Å²) < 4.78 is 2.24. The van der Waals surface area contributed by atoms with Crippen LogP contribution in [0.2, 0.25) is 0 Å². The first-order chi connectivity index (χ1) is 9.83. The van der Waals surface area contributed by atoms with Crippen LogP contribution >= 0.6 is 0 Å². The molecule has 0 aliphatic heterocycles. The standard InChI is InChI=1S/C17H25N3/c1-3-6-17(19-9-4-2)16-8-11-20(14-16)13-15-7-5-10-18-12-15/h5,7-8,10-12,14,17,19H,3-4,6,9,13H2,1-2H3. The molecule has 1 atom stereocenters. The summed E-state index contributed by atoms with van der Waals surface area (Å²) in [6.45, 7) is 6.43. The van der Waals surface area contributed by atoms with Crippen molar-refractivity contribution >= 4 is 0 Å². The van der Waals surface area contributed by atoms with Gasteiger partial charge < -0.3 is 9.88 Å². The van der Waals surface area contributed by atoms with Gasteiger partial charge in [0.2, 0.25) is 0 Å². The van der Waals surface area contributed by atoms with Crippen LogP contribution < -0.4 is 5.32 Å². The van der Waals surface area contributed by atoms with Crippen LogP contribution in [0.3, 0.4) is 0 Å². The van der Waals surface area contributed by atoms with Crippen molar-refractivity contribution in [1.82, 2.24) is 14.9 Å². The zero-order valence-electron chi connectivity index (χ0n) is 12.5. The highest BCUT2D eigenvalue weighted by Crippen LogP contribution is 2.19. The number of rotatable bonds is 8. The van der Waals surface area contributed by atoms with Crippen molar-refractivity contribution in [2.24, 2.45) is 0 Å². The fourth-order valence-electron chi connectivity index (χ4n) is 2.46. The fourth-order valence-corrected chi connectivity index (χ4v) is 2.46. The molecule has 0 spiro atoms. The van der Waals surface area contributed by atoms with E-state index in [0.717, 1.165) is 13.1 Å². The van der Waals surface area contributed by atoms with Gasteiger partial charge >= 0.3 is 0 Å². The van der Waals surface area contributed by atoms with Gasteiger partial charge in [0.1, 0.15) is 0 Å². The van der Waals surface area contributed by atoms with Gasteiger partial charge in [0.05, 0.1) is 0 Å². The summed E-state index contributed by atoms with van der Waals surface area (Å²) >= 11 is 0. The number of hydrogen-bond acceptors (Lipinski definition) is 2. The molecule has 20 heavy (non-hydrogen) atoms. The summed E-state index contributed by atoms with van der Waals surface area (Å²) in [4.78, 5) is 4.17. The minimum Gasteiger partial charge on any atom is -0.350 e. The Morgan fingerprint density at radius 1 is 1.25 bits per heavy atom. The van der Waals surface area contributed by atoms with Gasteiger partial charge in [-0.2, -0.15) is 0 Å². The molecule has 2 aromatic rings. The van der Waals surface area contributed by atoms with E-state index < -0.39 is 0 Å². The summed E-state index contributed by atoms with van der Waals surface area (Å²) in [5, 5.41) is 3.64. The first-order valence-corrected chi connectivity index (χ1v) is 7.61. The average Bonchev–Trinajstić information content (AvgIpc) is 2.93. The molecule has 3 nitrogen and oxygen atoms in total. The number of pyridine rings is 1. The van der Waals surface area contributed by atoms with E-state index in [4.69, 9.17) is 0 Å². The van der Waals surface area contributed by atoms with Gasteiger partial charge in [-0.3, -0.25) is 4.98 Å². The third-order valence-corrected chi connectivity index (χ3v) is 3.48. The molecule has 0 radical (unpaired) electrons. The molecule has 108 valence electrons. The summed E-state index contributed by atoms with van der Waals surface area (Å²) in [6, 6.07) is 6.82. The highest BCUT2D eigenvalue weighted by molar-refractivity contribution is 5.18. The molecule has 1 unspecified atom stereocenters. The zero-order chi connectivity index (χ0) is 14.2. The SMILES string of the molecule is CCCNC(CCC)c1ccn(Cc2cccnc2)c1. The Balaban J connectivity index is 2.02. The molecule has 2 aromatic heterocycles. The highest BCUT2D eigenvalue weighted by atomic mass is 15.0. The van der Waals surface area contributed by atoms with Gasteiger partial charge in [-0.15, -0.1) is 0 Å². The van der Waals surface area contributed by atoms with Gasteiger partial charge in [0.25, 0.3) is 0 Å². The molecule has 0 aromatic carbocycles. The minimum atomic E-state index is 0.482. The van der Waals surface area contributed by atoms with E-state index in [1.165, 1.54) is 30.4 Å². The van der Waals surface area contributed by atoms with Crippen molar-refractivity contribution in [2.75, 3.05) is 6.54 Å². The summed E-state index contributed by atoms with van der Waals surface area (Å²) in [7, 11) is 0. The second-order valence-corrected chi connectivity index (χ2v) is 5.27. The van der Waals surface area contributed by atoms with Crippen LogP contribution in [0.25, 0.3) is 0 Å². The predicted octanol–water partition coefficient (Wildman–Crippen LogP) is 3.77. The average molecular weight is 271 g/mol. The van der Waals surface area contributed by atoms with E-state index >= 15 is 0 Å². The Bertz CT molecular complexity index is 490. The third kappa shape index (κ3) is 4.20. The lowest BCUT2D eigenvalue weighted by Crippen LogP contribution is -2.21. The van der Waals surface area contributed by atoms with Crippen LogP contribution in [-0.4, -0.2) is 16.1 Å². The maximum atomic E-state index is 4.17. The normalized spacial score (nSPS) is 12.5. The maximum absolute atomic E-state index is 4.17. The summed E-state index contributed by atoms with van der Waals surface area (Å²) in [5.74, 6) is 0. The van der Waals surface area contributed by atoms with E-state index in [0.29, 0.717) is 6.04 Å². The quantitative estimate of drug-likeness (QED) is 0.792. The van der Waals surface area contributed by atoms with Gasteiger partial charge in [-0.1, -0.05) is 26.3 Å². The highest BCUT2D eigenvalue weighted by Gasteiger charge is 2.10. The maximum Gasteiger partial charge on any atom is 0.0485 e. The Kier molecular flexibility index (Phi) is 5.81. The lowest BCUT2D eigenvalue weighted by Gasteiger charge is -2.16. The van der Waals surface area contributed by atoms with Crippen LogP contribution in [0.15, 0.2) is 43.0 Å². The lowest BCUT2D eigenvalue weighted by atomic mass is 10.1. The van der Waals surface area contributed by atoms with E-state index in [1.807, 2.05) is 18.5 Å². The summed E-state index contributed by atoms with van der Waals surface area (Å²) in [5.41, 5.74) is 2.63. The first-order valence-electron chi connectivity index (χ1n) is 7.61. The van der Waals surface area contributed by atoms with Gasteiger partial charge in [0, 0.05) is 37.4 Å². The molecule has 0 bridgehead atoms. The first kappa shape index (κ1) is 14.8. The Morgan fingerprint density at radius 2 is 2.15 bits per heavy atom. The summed E-state index contributed by atoms with van der Waals surface area (Å²) in [6.07, 6.45) is 11.7. The van der Waals surface area contributed by atoms with E-state index in [-0.39, 0.29) is 0 Å². The number of nitrogens with zero attached hydrogens (tertiary/aromatic N) is 2. The van der Waals surface area contributed by atoms with Gasteiger partial charge in [0.15, 0.2) is 0 Å². The van der Waals surface area contributed by atoms with Crippen LogP contribution in [0.1, 0.15) is 50.3 Å². The Morgan fingerprint density at radius 3 is 2.85 bits per heavy atom. The predicted molar refractivity (Wildman–Crippen MR) is 83.7 cm³/mol. The monoisotopic (exact) mass is 271 g/mol. The number of nitrogens with one attached hydrogen (secondary N) is 1. The van der Waals surface area contributed by atoms with E-state index in [1.54, 1.807) is 0 Å². The fraction of sp³-hybridized carbons (Fsp3) is 0.471. The molecule has 0 aliphatic carbocycles. The molecule has 2 heterocycles. The van der Waals surface area contributed by atoms with E-state index in [2.05, 4.69) is 53.2 Å². The second kappa shape index (κ2) is 7.85. The lowest BCUT2D eigenvalue weighted by molar-refractivity contribution is 0.493. The smallest absolute Gasteiger partial charge is 0.0485 e. The Hall–Kier alpha value is -1.61. The largest absolute Gasteiger partial charge is 0.350 e.